The summed E-state index contributed by atoms with van der Waals surface area (Å²) in [5, 5.41) is 2.87. The summed E-state index contributed by atoms with van der Waals surface area (Å²) in [5.41, 5.74) is 2.81. The molecule has 0 aliphatic rings. The number of amides is 1. The number of hydrogen-bond acceptors (Lipinski definition) is 4. The van der Waals surface area contributed by atoms with Crippen LogP contribution in [-0.2, 0) is 11.3 Å². The number of ether oxygens (including phenoxy) is 2. The topological polar surface area (TPSA) is 60.5 Å². The molecule has 0 saturated heterocycles. The predicted octanol–water partition coefficient (Wildman–Crippen LogP) is 6.53. The van der Waals surface area contributed by atoms with Crippen LogP contribution in [0.3, 0.4) is 0 Å². The number of nitrogens with one attached hydrogen (secondary N) is 1. The minimum absolute atomic E-state index is 0.118. The van der Waals surface area contributed by atoms with Gasteiger partial charge in [0.15, 0.2) is 0 Å². The fraction of sp³-hybridized carbons (Fsp3) is 0.0714. The Balaban J connectivity index is 1.49. The SMILES string of the molecule is C/C=C/C(=O)NCc1cccc(-c2cnccc2Oc2ccc(Oc3ccccc3)cc2)c1. The molecule has 5 heteroatoms. The van der Waals surface area contributed by atoms with E-state index in [9.17, 15) is 4.79 Å². The Kier molecular flexibility index (Phi) is 7.13. The van der Waals surface area contributed by atoms with Crippen LogP contribution in [0.25, 0.3) is 11.1 Å². The largest absolute Gasteiger partial charge is 0.457 e. The molecule has 1 amide bonds. The van der Waals surface area contributed by atoms with Gasteiger partial charge in [-0.05, 0) is 72.7 Å². The maximum Gasteiger partial charge on any atom is 0.243 e. The van der Waals surface area contributed by atoms with E-state index < -0.39 is 0 Å². The standard InChI is InChI=1S/C28H24N2O3/c1-2-7-28(31)30-19-21-8-6-9-22(18-21)26-20-29-17-16-27(26)33-25-14-12-24(13-15-25)32-23-10-4-3-5-11-23/h2-18,20H,19H2,1H3,(H,30,31)/b7-2+. The van der Waals surface area contributed by atoms with Crippen LogP contribution in [0, 0.1) is 0 Å². The molecule has 0 radical (unpaired) electrons. The summed E-state index contributed by atoms with van der Waals surface area (Å²) in [6, 6.07) is 26.9. The zero-order chi connectivity index (χ0) is 22.9. The molecule has 0 unspecified atom stereocenters. The van der Waals surface area contributed by atoms with Crippen molar-refractivity contribution in [3.63, 3.8) is 0 Å². The third-order valence-electron chi connectivity index (χ3n) is 4.83. The highest BCUT2D eigenvalue weighted by Crippen LogP contribution is 2.34. The third kappa shape index (κ3) is 6.08. The van der Waals surface area contributed by atoms with Gasteiger partial charge in [0.05, 0.1) is 0 Å². The van der Waals surface area contributed by atoms with Crippen LogP contribution in [0.15, 0.2) is 109 Å². The highest BCUT2D eigenvalue weighted by Gasteiger charge is 2.09. The second-order valence-corrected chi connectivity index (χ2v) is 7.28. The van der Waals surface area contributed by atoms with Gasteiger partial charge >= 0.3 is 0 Å². The molecule has 0 atom stereocenters. The van der Waals surface area contributed by atoms with E-state index >= 15 is 0 Å². The molecule has 1 heterocycles. The lowest BCUT2D eigenvalue weighted by atomic mass is 10.0. The summed E-state index contributed by atoms with van der Waals surface area (Å²) in [6.07, 6.45) is 6.70. The third-order valence-corrected chi connectivity index (χ3v) is 4.83. The summed E-state index contributed by atoms with van der Waals surface area (Å²) < 4.78 is 12.0. The molecule has 0 aliphatic heterocycles. The number of para-hydroxylation sites is 1. The average molecular weight is 437 g/mol. The first kappa shape index (κ1) is 21.8. The number of nitrogens with zero attached hydrogens (tertiary/aromatic N) is 1. The van der Waals surface area contributed by atoms with E-state index in [0.29, 0.717) is 18.0 Å². The Morgan fingerprint density at radius 3 is 2.36 bits per heavy atom. The molecular formula is C28H24N2O3. The lowest BCUT2D eigenvalue weighted by Gasteiger charge is -2.13. The van der Waals surface area contributed by atoms with Gasteiger partial charge in [0.1, 0.15) is 23.0 Å². The van der Waals surface area contributed by atoms with Crippen molar-refractivity contribution in [3.05, 3.63) is 115 Å². The number of carbonyl (C=O) groups excluding carboxylic acids is 1. The first-order chi connectivity index (χ1) is 16.2. The van der Waals surface area contributed by atoms with Crippen molar-refractivity contribution in [1.82, 2.24) is 10.3 Å². The van der Waals surface area contributed by atoms with Crippen LogP contribution in [0.1, 0.15) is 12.5 Å². The minimum Gasteiger partial charge on any atom is -0.457 e. The van der Waals surface area contributed by atoms with Gasteiger partial charge in [0.2, 0.25) is 5.91 Å². The quantitative estimate of drug-likeness (QED) is 0.319. The molecular weight excluding hydrogens is 412 g/mol. The van der Waals surface area contributed by atoms with Crippen molar-refractivity contribution in [3.8, 4) is 34.1 Å². The molecule has 0 aliphatic carbocycles. The van der Waals surface area contributed by atoms with Crippen LogP contribution < -0.4 is 14.8 Å². The van der Waals surface area contributed by atoms with Crippen LogP contribution in [0.2, 0.25) is 0 Å². The molecule has 0 spiro atoms. The molecule has 0 fully saturated rings. The monoisotopic (exact) mass is 436 g/mol. The molecule has 1 N–H and O–H groups in total. The summed E-state index contributed by atoms with van der Waals surface area (Å²) in [5.74, 6) is 2.78. The molecule has 4 rings (SSSR count). The lowest BCUT2D eigenvalue weighted by molar-refractivity contribution is -0.116. The Bertz CT molecular complexity index is 1240. The highest BCUT2D eigenvalue weighted by atomic mass is 16.5. The van der Waals surface area contributed by atoms with Gasteiger partial charge in [-0.15, -0.1) is 0 Å². The van der Waals surface area contributed by atoms with Gasteiger partial charge in [-0.3, -0.25) is 9.78 Å². The zero-order valence-electron chi connectivity index (χ0n) is 18.3. The normalized spacial score (nSPS) is 10.7. The van der Waals surface area contributed by atoms with E-state index in [2.05, 4.69) is 10.3 Å². The number of pyridine rings is 1. The van der Waals surface area contributed by atoms with E-state index in [1.54, 1.807) is 18.5 Å². The van der Waals surface area contributed by atoms with Gasteiger partial charge in [0.25, 0.3) is 0 Å². The molecule has 164 valence electrons. The van der Waals surface area contributed by atoms with Crippen LogP contribution in [-0.4, -0.2) is 10.9 Å². The first-order valence-electron chi connectivity index (χ1n) is 10.7. The van der Waals surface area contributed by atoms with Gasteiger partial charge < -0.3 is 14.8 Å². The Hall–Kier alpha value is -4.38. The van der Waals surface area contributed by atoms with E-state index in [1.807, 2.05) is 91.9 Å². The molecule has 0 bridgehead atoms. The van der Waals surface area contributed by atoms with E-state index in [-0.39, 0.29) is 5.91 Å². The number of rotatable bonds is 8. The minimum atomic E-state index is -0.118. The predicted molar refractivity (Wildman–Crippen MR) is 129 cm³/mol. The Morgan fingerprint density at radius 1 is 0.879 bits per heavy atom. The molecule has 4 aromatic rings. The molecule has 0 saturated carbocycles. The lowest BCUT2D eigenvalue weighted by Crippen LogP contribution is -2.20. The van der Waals surface area contributed by atoms with Crippen molar-refractivity contribution in [2.45, 2.75) is 13.5 Å². The molecule has 1 aromatic heterocycles. The van der Waals surface area contributed by atoms with Crippen molar-refractivity contribution in [2.75, 3.05) is 0 Å². The number of benzene rings is 3. The number of aromatic nitrogens is 1. The smallest absolute Gasteiger partial charge is 0.243 e. The Labute approximate surface area is 193 Å². The van der Waals surface area contributed by atoms with Crippen LogP contribution >= 0.6 is 0 Å². The first-order valence-corrected chi connectivity index (χ1v) is 10.7. The van der Waals surface area contributed by atoms with E-state index in [0.717, 1.165) is 28.2 Å². The van der Waals surface area contributed by atoms with Crippen LogP contribution in [0.5, 0.6) is 23.0 Å². The molecule has 33 heavy (non-hydrogen) atoms. The maximum atomic E-state index is 11.7. The summed E-state index contributed by atoms with van der Waals surface area (Å²) in [6.45, 7) is 2.25. The number of allylic oxidation sites excluding steroid dienone is 1. The fourth-order valence-corrected chi connectivity index (χ4v) is 3.26. The second-order valence-electron chi connectivity index (χ2n) is 7.28. The summed E-state index contributed by atoms with van der Waals surface area (Å²) in [7, 11) is 0. The van der Waals surface area contributed by atoms with Crippen molar-refractivity contribution >= 4 is 5.91 Å². The van der Waals surface area contributed by atoms with Gasteiger partial charge in [-0.2, -0.15) is 0 Å². The summed E-state index contributed by atoms with van der Waals surface area (Å²) in [4.78, 5) is 16.0. The van der Waals surface area contributed by atoms with Gasteiger partial charge in [-0.25, -0.2) is 0 Å². The summed E-state index contributed by atoms with van der Waals surface area (Å²) >= 11 is 0. The van der Waals surface area contributed by atoms with Crippen LogP contribution in [0.4, 0.5) is 0 Å². The molecule has 5 nitrogen and oxygen atoms in total. The van der Waals surface area contributed by atoms with E-state index in [4.69, 9.17) is 9.47 Å². The Morgan fingerprint density at radius 2 is 1.61 bits per heavy atom. The fourth-order valence-electron chi connectivity index (χ4n) is 3.26. The average Bonchev–Trinajstić information content (AvgIpc) is 2.85. The maximum absolute atomic E-state index is 11.7. The second kappa shape index (κ2) is 10.8. The van der Waals surface area contributed by atoms with E-state index in [1.165, 1.54) is 6.08 Å². The number of carbonyl (C=O) groups is 1. The van der Waals surface area contributed by atoms with Crippen molar-refractivity contribution in [1.29, 1.82) is 0 Å². The zero-order valence-corrected chi connectivity index (χ0v) is 18.3. The van der Waals surface area contributed by atoms with Crippen molar-refractivity contribution in [2.24, 2.45) is 0 Å². The van der Waals surface area contributed by atoms with Gasteiger partial charge in [0, 0.05) is 24.5 Å². The molecule has 3 aromatic carbocycles. The number of hydrogen-bond donors (Lipinski definition) is 1. The van der Waals surface area contributed by atoms with Crippen molar-refractivity contribution < 1.29 is 14.3 Å². The van der Waals surface area contributed by atoms with Gasteiger partial charge in [-0.1, -0.05) is 42.5 Å². The highest BCUT2D eigenvalue weighted by molar-refractivity contribution is 5.87.